The molecule has 0 fully saturated rings. The first kappa shape index (κ1) is 13.1. The lowest BCUT2D eigenvalue weighted by Gasteiger charge is -2.23. The summed E-state index contributed by atoms with van der Waals surface area (Å²) in [6, 6.07) is 15.6. The standard InChI is InChI=1S/C12H9O2P.HO2P/c13-15-12-8-4-2-6-10(12)9-5-1-3-7-11(9)14-15;1-3-2/h1-8,13H;(H,1,2). The van der Waals surface area contributed by atoms with E-state index < -0.39 is 17.1 Å². The van der Waals surface area contributed by atoms with Crippen LogP contribution < -0.4 is 9.83 Å². The molecular formula is C12H10O4P2. The van der Waals surface area contributed by atoms with E-state index in [1.165, 1.54) is 0 Å². The molecule has 1 unspecified atom stereocenters. The van der Waals surface area contributed by atoms with Gasteiger partial charge >= 0.3 is 8.69 Å². The van der Waals surface area contributed by atoms with Crippen molar-refractivity contribution in [3.63, 3.8) is 0 Å². The van der Waals surface area contributed by atoms with Crippen molar-refractivity contribution in [3.05, 3.63) is 48.5 Å². The second-order valence-corrected chi connectivity index (χ2v) is 4.83. The van der Waals surface area contributed by atoms with Crippen LogP contribution in [0.5, 0.6) is 5.75 Å². The first-order valence-electron chi connectivity index (χ1n) is 5.10. The van der Waals surface area contributed by atoms with Crippen LogP contribution >= 0.6 is 17.1 Å². The van der Waals surface area contributed by atoms with Gasteiger partial charge < -0.3 is 14.3 Å². The van der Waals surface area contributed by atoms with Gasteiger partial charge in [-0.15, -0.1) is 0 Å². The molecule has 6 heteroatoms. The summed E-state index contributed by atoms with van der Waals surface area (Å²) in [5.41, 5.74) is 2.13. The number of fused-ring (bicyclic) bond motifs is 3. The molecule has 2 N–H and O–H groups in total. The third-order valence-electron chi connectivity index (χ3n) is 2.47. The summed E-state index contributed by atoms with van der Waals surface area (Å²) >= 11 is 0. The Hall–Kier alpha value is -1.31. The number of benzene rings is 2. The van der Waals surface area contributed by atoms with E-state index in [0.29, 0.717) is 0 Å². The number of rotatable bonds is 0. The lowest BCUT2D eigenvalue weighted by molar-refractivity contribution is 0.498. The number of hydrogen-bond donors (Lipinski definition) is 2. The van der Waals surface area contributed by atoms with Crippen LogP contribution in [0.4, 0.5) is 0 Å². The molecule has 0 amide bonds. The third-order valence-corrected chi connectivity index (χ3v) is 3.64. The number of para-hydroxylation sites is 1. The Morgan fingerprint density at radius 2 is 1.56 bits per heavy atom. The van der Waals surface area contributed by atoms with E-state index in [0.717, 1.165) is 22.2 Å². The summed E-state index contributed by atoms with van der Waals surface area (Å²) < 4.78 is 13.9. The van der Waals surface area contributed by atoms with Crippen molar-refractivity contribution >= 4 is 22.4 Å². The highest BCUT2D eigenvalue weighted by atomic mass is 31.2. The second kappa shape index (κ2) is 6.03. The van der Waals surface area contributed by atoms with Crippen LogP contribution in [0.2, 0.25) is 0 Å². The molecule has 1 heterocycles. The van der Waals surface area contributed by atoms with E-state index in [1.807, 2.05) is 48.5 Å². The van der Waals surface area contributed by atoms with Crippen LogP contribution in [0.15, 0.2) is 48.5 Å². The molecule has 3 rings (SSSR count). The van der Waals surface area contributed by atoms with Crippen LogP contribution in [0.3, 0.4) is 0 Å². The summed E-state index contributed by atoms with van der Waals surface area (Å²) in [7, 11) is -2.33. The van der Waals surface area contributed by atoms with Crippen molar-refractivity contribution < 1.29 is 18.9 Å². The molecule has 1 aliphatic rings. The van der Waals surface area contributed by atoms with Crippen molar-refractivity contribution in [1.29, 1.82) is 0 Å². The fourth-order valence-electron chi connectivity index (χ4n) is 1.78. The highest BCUT2D eigenvalue weighted by molar-refractivity contribution is 7.55. The third kappa shape index (κ3) is 2.58. The highest BCUT2D eigenvalue weighted by Crippen LogP contribution is 2.45. The average Bonchev–Trinajstić information content (AvgIpc) is 2.40. The SMILES string of the molecule is O=PO.OP1Oc2ccccc2-c2ccccc21. The Labute approximate surface area is 107 Å². The maximum absolute atomic E-state index is 9.85. The predicted molar refractivity (Wildman–Crippen MR) is 71.1 cm³/mol. The first-order valence-corrected chi connectivity index (χ1v) is 7.08. The molecule has 0 spiro atoms. The summed E-state index contributed by atoms with van der Waals surface area (Å²) in [6.45, 7) is 0. The Morgan fingerprint density at radius 1 is 1.00 bits per heavy atom. The average molecular weight is 280 g/mol. The maximum atomic E-state index is 9.85. The fraction of sp³-hybridized carbons (Fsp3) is 0. The van der Waals surface area contributed by atoms with E-state index in [2.05, 4.69) is 0 Å². The van der Waals surface area contributed by atoms with E-state index in [-0.39, 0.29) is 0 Å². The zero-order valence-corrected chi connectivity index (χ0v) is 11.0. The van der Waals surface area contributed by atoms with Crippen molar-refractivity contribution in [3.8, 4) is 16.9 Å². The molecule has 4 nitrogen and oxygen atoms in total. The van der Waals surface area contributed by atoms with Gasteiger partial charge in [0.25, 0.3) is 8.38 Å². The predicted octanol–water partition coefficient (Wildman–Crippen LogP) is 2.86. The summed E-state index contributed by atoms with van der Waals surface area (Å²) in [5, 5.41) is 0.895. The summed E-state index contributed by atoms with van der Waals surface area (Å²) in [5.74, 6) is 0.768. The molecular weight excluding hydrogens is 270 g/mol. The fourth-order valence-corrected chi connectivity index (χ4v) is 2.84. The molecule has 2 aromatic rings. The molecule has 0 saturated heterocycles. The molecule has 0 aromatic heterocycles. The van der Waals surface area contributed by atoms with Gasteiger partial charge in [-0.1, -0.05) is 36.4 Å². The lowest BCUT2D eigenvalue weighted by Crippen LogP contribution is -2.13. The monoisotopic (exact) mass is 280 g/mol. The Balaban J connectivity index is 0.000000367. The zero-order valence-electron chi connectivity index (χ0n) is 9.22. The van der Waals surface area contributed by atoms with Gasteiger partial charge in [0, 0.05) is 5.56 Å². The van der Waals surface area contributed by atoms with Gasteiger partial charge in [0.05, 0.1) is 5.30 Å². The normalized spacial score (nSPS) is 15.8. The van der Waals surface area contributed by atoms with Crippen LogP contribution in [-0.2, 0) is 4.57 Å². The van der Waals surface area contributed by atoms with Gasteiger partial charge in [-0.2, -0.15) is 0 Å². The second-order valence-electron chi connectivity index (χ2n) is 3.46. The van der Waals surface area contributed by atoms with Crippen molar-refractivity contribution in [2.75, 3.05) is 0 Å². The molecule has 1 atom stereocenters. The molecule has 0 radical (unpaired) electrons. The van der Waals surface area contributed by atoms with E-state index in [4.69, 9.17) is 14.0 Å². The van der Waals surface area contributed by atoms with Crippen molar-refractivity contribution in [1.82, 2.24) is 0 Å². The summed E-state index contributed by atoms with van der Waals surface area (Å²) in [4.78, 5) is 16.8. The van der Waals surface area contributed by atoms with Crippen LogP contribution in [0, 0.1) is 0 Å². The minimum Gasteiger partial charge on any atom is -0.443 e. The molecule has 0 bridgehead atoms. The molecule has 1 aliphatic heterocycles. The molecule has 18 heavy (non-hydrogen) atoms. The van der Waals surface area contributed by atoms with Crippen molar-refractivity contribution in [2.45, 2.75) is 0 Å². The Bertz CT molecular complexity index is 559. The van der Waals surface area contributed by atoms with E-state index >= 15 is 0 Å². The smallest absolute Gasteiger partial charge is 0.324 e. The van der Waals surface area contributed by atoms with Gasteiger partial charge in [0.15, 0.2) is 0 Å². The minimum atomic E-state index is -1.49. The molecule has 92 valence electrons. The largest absolute Gasteiger partial charge is 0.443 e. The molecule has 0 aliphatic carbocycles. The Kier molecular flexibility index (Phi) is 4.40. The van der Waals surface area contributed by atoms with Gasteiger partial charge in [-0.25, -0.2) is 4.57 Å². The van der Waals surface area contributed by atoms with Crippen molar-refractivity contribution in [2.24, 2.45) is 0 Å². The maximum Gasteiger partial charge on any atom is 0.324 e. The zero-order chi connectivity index (χ0) is 13.0. The van der Waals surface area contributed by atoms with E-state index in [1.54, 1.807) is 0 Å². The highest BCUT2D eigenvalue weighted by Gasteiger charge is 2.24. The van der Waals surface area contributed by atoms with Crippen LogP contribution in [0.25, 0.3) is 11.1 Å². The quantitative estimate of drug-likeness (QED) is 0.728. The van der Waals surface area contributed by atoms with Gasteiger partial charge in [0.1, 0.15) is 5.75 Å². The minimum absolute atomic E-state index is 0.768. The Morgan fingerprint density at radius 3 is 2.28 bits per heavy atom. The van der Waals surface area contributed by atoms with Crippen LogP contribution in [0.1, 0.15) is 0 Å². The summed E-state index contributed by atoms with van der Waals surface area (Å²) in [6.07, 6.45) is 0. The van der Waals surface area contributed by atoms with Gasteiger partial charge in [0.2, 0.25) is 0 Å². The lowest BCUT2D eigenvalue weighted by atomic mass is 10.0. The van der Waals surface area contributed by atoms with Crippen LogP contribution in [-0.4, -0.2) is 9.79 Å². The van der Waals surface area contributed by atoms with Gasteiger partial charge in [-0.05, 0) is 17.7 Å². The van der Waals surface area contributed by atoms with E-state index in [9.17, 15) is 4.89 Å². The topological polar surface area (TPSA) is 66.8 Å². The number of hydrogen-bond acceptors (Lipinski definition) is 3. The van der Waals surface area contributed by atoms with Gasteiger partial charge in [-0.3, -0.25) is 0 Å². The molecule has 0 saturated carbocycles. The molecule has 2 aromatic carbocycles. The first-order chi connectivity index (χ1) is 8.77.